The van der Waals surface area contributed by atoms with Crippen molar-refractivity contribution in [3.63, 3.8) is 0 Å². The Hall–Kier alpha value is -6.46. The van der Waals surface area contributed by atoms with Gasteiger partial charge in [0.25, 0.3) is 0 Å². The molecule has 0 atom stereocenters. The van der Waals surface area contributed by atoms with E-state index in [0.29, 0.717) is 17.3 Å². The van der Waals surface area contributed by atoms with Crippen LogP contribution in [0.3, 0.4) is 0 Å². The van der Waals surface area contributed by atoms with Gasteiger partial charge in [-0.25, -0.2) is 19.9 Å². The molecule has 0 fully saturated rings. The molecule has 0 radical (unpaired) electrons. The van der Waals surface area contributed by atoms with Crippen molar-refractivity contribution in [2.75, 3.05) is 0 Å². The molecule has 5 nitrogen and oxygen atoms in total. The Labute approximate surface area is 267 Å². The zero-order chi connectivity index (χ0) is 30.6. The van der Waals surface area contributed by atoms with E-state index in [-0.39, 0.29) is 0 Å². The van der Waals surface area contributed by atoms with Crippen molar-refractivity contribution in [1.29, 1.82) is 0 Å². The largest absolute Gasteiger partial charge is 0.456 e. The minimum absolute atomic E-state index is 0.618. The summed E-state index contributed by atoms with van der Waals surface area (Å²) < 4.78 is 6.21. The summed E-state index contributed by atoms with van der Waals surface area (Å²) in [6, 6.07) is 46.4. The molecule has 0 amide bonds. The number of furan rings is 1. The number of aromatic nitrogens is 4. The van der Waals surface area contributed by atoms with E-state index in [1.165, 1.54) is 32.3 Å². The van der Waals surface area contributed by atoms with Crippen LogP contribution in [0.1, 0.15) is 0 Å². The van der Waals surface area contributed by atoms with Crippen LogP contribution in [0.25, 0.3) is 111 Å². The zero-order valence-electron chi connectivity index (χ0n) is 24.9. The van der Waals surface area contributed by atoms with Crippen molar-refractivity contribution in [2.24, 2.45) is 0 Å². The summed E-state index contributed by atoms with van der Waals surface area (Å²) in [5, 5.41) is 10.3. The van der Waals surface area contributed by atoms with Crippen molar-refractivity contribution in [3.05, 3.63) is 133 Å². The highest BCUT2D eigenvalue weighted by Gasteiger charge is 2.28. The second-order valence-electron chi connectivity index (χ2n) is 12.2. The molecule has 216 valence electrons. The number of hydrogen-bond donors (Lipinski definition) is 0. The van der Waals surface area contributed by atoms with Crippen molar-refractivity contribution in [2.45, 2.75) is 0 Å². The summed E-state index contributed by atoms with van der Waals surface area (Å²) in [6.45, 7) is 0. The van der Waals surface area contributed by atoms with E-state index < -0.39 is 0 Å². The molecule has 1 aliphatic rings. The molecule has 0 N–H and O–H groups in total. The van der Waals surface area contributed by atoms with Crippen molar-refractivity contribution in [3.8, 4) is 45.3 Å². The first-order valence-electron chi connectivity index (χ1n) is 15.7. The maximum absolute atomic E-state index is 6.21. The molecule has 3 heterocycles. The summed E-state index contributed by atoms with van der Waals surface area (Å²) in [5.41, 5.74) is 7.98. The van der Waals surface area contributed by atoms with Crippen molar-refractivity contribution >= 4 is 65.3 Å². The summed E-state index contributed by atoms with van der Waals surface area (Å²) in [6.07, 6.45) is 0. The highest BCUT2D eigenvalue weighted by Crippen LogP contribution is 2.47. The van der Waals surface area contributed by atoms with Crippen LogP contribution >= 0.6 is 0 Å². The average Bonchev–Trinajstić information content (AvgIpc) is 3.68. The molecule has 0 bridgehead atoms. The molecule has 1 aliphatic carbocycles. The Morgan fingerprint density at radius 1 is 0.362 bits per heavy atom. The Morgan fingerprint density at radius 2 is 0.894 bits per heavy atom. The SMILES string of the molecule is c1ccc2c(c1)-c1nc(-c3ccc4c5ccccc5c5ccccc5c4c3)nc3nc(-c4cccc5oc6ccccc6c45)nc-2c13. The predicted molar refractivity (Wildman–Crippen MR) is 190 cm³/mol. The summed E-state index contributed by atoms with van der Waals surface area (Å²) in [4.78, 5) is 20.7. The maximum atomic E-state index is 6.21. The minimum atomic E-state index is 0.618. The Kier molecular flexibility index (Phi) is 4.78. The van der Waals surface area contributed by atoms with Crippen LogP contribution in [0.2, 0.25) is 0 Å². The van der Waals surface area contributed by atoms with Gasteiger partial charge in [-0.1, -0.05) is 115 Å². The van der Waals surface area contributed by atoms with Gasteiger partial charge in [-0.3, -0.25) is 0 Å². The van der Waals surface area contributed by atoms with Gasteiger partial charge in [-0.2, -0.15) is 0 Å². The molecule has 0 spiro atoms. The number of fused-ring (bicyclic) bond motifs is 12. The number of nitrogens with zero attached hydrogens (tertiary/aromatic N) is 4. The van der Waals surface area contributed by atoms with Crippen molar-refractivity contribution in [1.82, 2.24) is 19.9 Å². The number of rotatable bonds is 2. The first-order chi connectivity index (χ1) is 23.3. The van der Waals surface area contributed by atoms with E-state index in [1.54, 1.807) is 0 Å². The van der Waals surface area contributed by atoms with E-state index in [2.05, 4.69) is 103 Å². The lowest BCUT2D eigenvalue weighted by Crippen LogP contribution is -1.98. The van der Waals surface area contributed by atoms with E-state index in [0.717, 1.165) is 61.0 Å². The van der Waals surface area contributed by atoms with Crippen LogP contribution in [0.15, 0.2) is 138 Å². The molecule has 47 heavy (non-hydrogen) atoms. The van der Waals surface area contributed by atoms with E-state index in [1.807, 2.05) is 30.3 Å². The first-order valence-corrected chi connectivity index (χ1v) is 15.7. The highest BCUT2D eigenvalue weighted by molar-refractivity contribution is 6.25. The third-order valence-corrected chi connectivity index (χ3v) is 9.64. The molecule has 0 saturated heterocycles. The van der Waals surface area contributed by atoms with E-state index >= 15 is 0 Å². The van der Waals surface area contributed by atoms with Crippen LogP contribution < -0.4 is 0 Å². The number of para-hydroxylation sites is 1. The van der Waals surface area contributed by atoms with Gasteiger partial charge in [0, 0.05) is 33.0 Å². The Balaban J connectivity index is 1.20. The fourth-order valence-electron chi connectivity index (χ4n) is 7.58. The molecule has 0 saturated carbocycles. The van der Waals surface area contributed by atoms with Gasteiger partial charge in [0.1, 0.15) is 11.2 Å². The van der Waals surface area contributed by atoms with Gasteiger partial charge < -0.3 is 4.42 Å². The summed E-state index contributed by atoms with van der Waals surface area (Å²) in [7, 11) is 0. The standard InChI is InChI=1S/C42H22N4O/c1-2-12-26-24(10-1)25-11-3-4-13-27(25)33-22-23(20-21-28(26)33)40-43-38-29-14-5-6-15-30(29)39-37(38)42(45-40)46-41(44-39)32-17-9-19-35-36(32)31-16-7-8-18-34(31)47-35/h1-22H. The molecule has 7 aromatic carbocycles. The van der Waals surface area contributed by atoms with Gasteiger partial charge in [-0.15, -0.1) is 0 Å². The molecule has 11 rings (SSSR count). The van der Waals surface area contributed by atoms with Gasteiger partial charge in [0.2, 0.25) is 0 Å². The second kappa shape index (κ2) is 9.05. The van der Waals surface area contributed by atoms with Crippen LogP contribution in [-0.4, -0.2) is 19.9 Å². The molecule has 10 aromatic rings. The number of benzene rings is 7. The molecule has 0 unspecified atom stereocenters. The van der Waals surface area contributed by atoms with Gasteiger partial charge in [0.05, 0.1) is 16.8 Å². The van der Waals surface area contributed by atoms with Crippen LogP contribution in [-0.2, 0) is 0 Å². The van der Waals surface area contributed by atoms with Crippen LogP contribution in [0.4, 0.5) is 0 Å². The van der Waals surface area contributed by atoms with Gasteiger partial charge >= 0.3 is 0 Å². The van der Waals surface area contributed by atoms with Crippen molar-refractivity contribution < 1.29 is 4.42 Å². The average molecular weight is 599 g/mol. The monoisotopic (exact) mass is 598 g/mol. The third kappa shape index (κ3) is 3.37. The van der Waals surface area contributed by atoms with Gasteiger partial charge in [0.15, 0.2) is 17.3 Å². The molecule has 0 aliphatic heterocycles. The Morgan fingerprint density at radius 3 is 1.62 bits per heavy atom. The highest BCUT2D eigenvalue weighted by atomic mass is 16.3. The number of hydrogen-bond acceptors (Lipinski definition) is 5. The minimum Gasteiger partial charge on any atom is -0.456 e. The lowest BCUT2D eigenvalue weighted by Gasteiger charge is -2.12. The summed E-state index contributed by atoms with van der Waals surface area (Å²) >= 11 is 0. The fourth-order valence-corrected chi connectivity index (χ4v) is 7.58. The normalized spacial score (nSPS) is 12.3. The first kappa shape index (κ1) is 24.8. The molecule has 3 aromatic heterocycles. The molecular weight excluding hydrogens is 576 g/mol. The third-order valence-electron chi connectivity index (χ3n) is 9.64. The fraction of sp³-hybridized carbons (Fsp3) is 0. The summed E-state index contributed by atoms with van der Waals surface area (Å²) in [5.74, 6) is 1.26. The van der Waals surface area contributed by atoms with Crippen LogP contribution in [0.5, 0.6) is 0 Å². The zero-order valence-corrected chi connectivity index (χ0v) is 24.9. The lowest BCUT2D eigenvalue weighted by atomic mass is 9.93. The van der Waals surface area contributed by atoms with E-state index in [9.17, 15) is 0 Å². The quantitative estimate of drug-likeness (QED) is 0.185. The smallest absolute Gasteiger partial charge is 0.168 e. The topological polar surface area (TPSA) is 64.7 Å². The predicted octanol–water partition coefficient (Wildman–Crippen LogP) is 10.8. The van der Waals surface area contributed by atoms with Gasteiger partial charge in [-0.05, 0) is 50.5 Å². The second-order valence-corrected chi connectivity index (χ2v) is 12.2. The molecule has 5 heteroatoms. The lowest BCUT2D eigenvalue weighted by molar-refractivity contribution is 0.669. The van der Waals surface area contributed by atoms with E-state index in [4.69, 9.17) is 24.4 Å². The maximum Gasteiger partial charge on any atom is 0.168 e. The molecular formula is C42H22N4O. The van der Waals surface area contributed by atoms with Crippen LogP contribution in [0, 0.1) is 0 Å². The Bertz CT molecular complexity index is 2940.